The van der Waals surface area contributed by atoms with Crippen LogP contribution in [0.4, 0.5) is 5.82 Å². The van der Waals surface area contributed by atoms with Crippen molar-refractivity contribution in [1.82, 2.24) is 19.7 Å². The Hall–Kier alpha value is -3.20. The Bertz CT molecular complexity index is 1240. The normalized spacial score (nSPS) is 16.4. The van der Waals surface area contributed by atoms with Crippen LogP contribution >= 0.6 is 11.3 Å². The highest BCUT2D eigenvalue weighted by molar-refractivity contribution is 7.10. The fourth-order valence-corrected chi connectivity index (χ4v) is 5.33. The Balaban J connectivity index is 1.11. The number of hydrogen-bond acceptors (Lipinski definition) is 6. The van der Waals surface area contributed by atoms with Crippen molar-refractivity contribution in [3.05, 3.63) is 57.2 Å². The minimum absolute atomic E-state index is 0.00243. The zero-order chi connectivity index (χ0) is 24.5. The molecule has 2 amide bonds. The molecule has 0 spiro atoms. The first kappa shape index (κ1) is 23.5. The van der Waals surface area contributed by atoms with Crippen LogP contribution in [0.15, 0.2) is 29.6 Å². The molecular weight excluding hydrogens is 462 g/mol. The fraction of sp³-hybridized carbons (Fsp3) is 0.462. The second-order valence-electron chi connectivity index (χ2n) is 9.57. The number of carbonyl (C=O) groups is 2. The van der Waals surface area contributed by atoms with Crippen LogP contribution in [0.1, 0.15) is 69.8 Å². The van der Waals surface area contributed by atoms with E-state index in [-0.39, 0.29) is 24.3 Å². The van der Waals surface area contributed by atoms with Gasteiger partial charge in [0.2, 0.25) is 0 Å². The number of hydrogen-bond donors (Lipinski definition) is 1. The van der Waals surface area contributed by atoms with Crippen molar-refractivity contribution in [3.8, 4) is 5.75 Å². The number of aromatic nitrogens is 3. The molecule has 1 N–H and O–H groups in total. The molecule has 1 aliphatic carbocycles. The number of ether oxygens (including phenoxy) is 1. The van der Waals surface area contributed by atoms with Gasteiger partial charge in [0.1, 0.15) is 17.3 Å². The van der Waals surface area contributed by atoms with Crippen molar-refractivity contribution in [3.63, 3.8) is 0 Å². The highest BCUT2D eigenvalue weighted by Crippen LogP contribution is 2.40. The number of thiazole rings is 1. The van der Waals surface area contributed by atoms with Crippen molar-refractivity contribution in [1.29, 1.82) is 0 Å². The summed E-state index contributed by atoms with van der Waals surface area (Å²) in [5.74, 6) is 2.00. The summed E-state index contributed by atoms with van der Waals surface area (Å²) in [6.45, 7) is 5.47. The number of benzene rings is 1. The van der Waals surface area contributed by atoms with Crippen LogP contribution in [-0.2, 0) is 11.8 Å². The van der Waals surface area contributed by atoms with E-state index in [2.05, 4.69) is 22.3 Å². The van der Waals surface area contributed by atoms with Crippen LogP contribution < -0.4 is 10.1 Å². The van der Waals surface area contributed by atoms with Crippen molar-refractivity contribution in [2.24, 2.45) is 7.05 Å². The third kappa shape index (κ3) is 5.40. The molecule has 5 rings (SSSR count). The van der Waals surface area contributed by atoms with Gasteiger partial charge in [-0.15, -0.1) is 11.3 Å². The van der Waals surface area contributed by atoms with Gasteiger partial charge in [0, 0.05) is 43.4 Å². The molecule has 1 saturated heterocycles. The fourth-order valence-electron chi connectivity index (χ4n) is 4.36. The number of nitrogens with one attached hydrogen (secondary N) is 1. The third-order valence-corrected chi connectivity index (χ3v) is 7.94. The van der Waals surface area contributed by atoms with Crippen LogP contribution in [0.5, 0.6) is 5.75 Å². The Morgan fingerprint density at radius 3 is 2.57 bits per heavy atom. The molecule has 0 bridgehead atoms. The molecule has 0 atom stereocenters. The summed E-state index contributed by atoms with van der Waals surface area (Å²) in [4.78, 5) is 31.9. The van der Waals surface area contributed by atoms with Gasteiger partial charge in [-0.3, -0.25) is 14.3 Å². The molecular formula is C26H31N5O3S. The van der Waals surface area contributed by atoms with Crippen molar-refractivity contribution < 1.29 is 14.3 Å². The Morgan fingerprint density at radius 2 is 1.86 bits per heavy atom. The van der Waals surface area contributed by atoms with Gasteiger partial charge in [0.05, 0.1) is 10.7 Å². The summed E-state index contributed by atoms with van der Waals surface area (Å²) in [5.41, 5.74) is 3.82. The Labute approximate surface area is 209 Å². The summed E-state index contributed by atoms with van der Waals surface area (Å²) in [6, 6.07) is 7.83. The molecule has 184 valence electrons. The SMILES string of the molecule is Cc1ccc(OCC(=O)N2CCC(c3nc(C(=O)Nc4cc(C5CC5)nn4C)cs3)CC2)cc1C. The average Bonchev–Trinajstić information content (AvgIpc) is 3.47. The summed E-state index contributed by atoms with van der Waals surface area (Å²) in [5, 5.41) is 10.2. The van der Waals surface area contributed by atoms with Gasteiger partial charge >= 0.3 is 0 Å². The summed E-state index contributed by atoms with van der Waals surface area (Å²) >= 11 is 1.52. The standard InChI is InChI=1S/C26H31N5O3S/c1-16-4-7-20(12-17(16)2)34-14-24(32)31-10-8-19(9-11-31)26-27-22(15-35-26)25(33)28-23-13-21(18-5-6-18)29-30(23)3/h4,7,12-13,15,18-19H,5-6,8-11,14H2,1-3H3,(H,28,33). The third-order valence-electron chi connectivity index (χ3n) is 6.93. The predicted octanol–water partition coefficient (Wildman–Crippen LogP) is 4.41. The summed E-state index contributed by atoms with van der Waals surface area (Å²) in [7, 11) is 1.84. The first-order valence-corrected chi connectivity index (χ1v) is 13.0. The number of amides is 2. The topological polar surface area (TPSA) is 89.3 Å². The van der Waals surface area contributed by atoms with E-state index in [9.17, 15) is 9.59 Å². The van der Waals surface area contributed by atoms with E-state index in [0.29, 0.717) is 30.5 Å². The number of carbonyl (C=O) groups excluding carboxylic acids is 2. The molecule has 1 aliphatic heterocycles. The summed E-state index contributed by atoms with van der Waals surface area (Å²) in [6.07, 6.45) is 4.00. The molecule has 3 heterocycles. The lowest BCUT2D eigenvalue weighted by molar-refractivity contribution is -0.134. The number of aryl methyl sites for hydroxylation is 3. The number of rotatable bonds is 7. The zero-order valence-corrected chi connectivity index (χ0v) is 21.2. The van der Waals surface area contributed by atoms with Crippen LogP contribution in [0.3, 0.4) is 0 Å². The molecule has 2 aromatic heterocycles. The highest BCUT2D eigenvalue weighted by Gasteiger charge is 2.28. The van der Waals surface area contributed by atoms with E-state index >= 15 is 0 Å². The van der Waals surface area contributed by atoms with Gasteiger partial charge < -0.3 is 15.0 Å². The number of likely N-dealkylation sites (tertiary alicyclic amines) is 1. The minimum Gasteiger partial charge on any atom is -0.484 e. The number of anilines is 1. The molecule has 3 aromatic rings. The first-order valence-electron chi connectivity index (χ1n) is 12.2. The molecule has 1 aromatic carbocycles. The van der Waals surface area contributed by atoms with Crippen molar-refractivity contribution in [2.45, 2.75) is 51.4 Å². The van der Waals surface area contributed by atoms with Gasteiger partial charge in [-0.25, -0.2) is 4.98 Å². The van der Waals surface area contributed by atoms with E-state index in [1.165, 1.54) is 29.7 Å². The largest absolute Gasteiger partial charge is 0.484 e. The first-order chi connectivity index (χ1) is 16.9. The van der Waals surface area contributed by atoms with Crippen molar-refractivity contribution in [2.75, 3.05) is 25.0 Å². The van der Waals surface area contributed by atoms with Gasteiger partial charge in [-0.2, -0.15) is 5.10 Å². The maximum Gasteiger partial charge on any atom is 0.276 e. The van der Waals surface area contributed by atoms with Crippen molar-refractivity contribution >= 4 is 29.0 Å². The molecule has 0 radical (unpaired) electrons. The molecule has 2 aliphatic rings. The monoisotopic (exact) mass is 493 g/mol. The van der Waals surface area contributed by atoms with Gasteiger partial charge in [0.15, 0.2) is 6.61 Å². The summed E-state index contributed by atoms with van der Waals surface area (Å²) < 4.78 is 7.44. The molecule has 0 unspecified atom stereocenters. The van der Waals surface area contributed by atoms with Gasteiger partial charge in [0.25, 0.3) is 11.8 Å². The highest BCUT2D eigenvalue weighted by atomic mass is 32.1. The van der Waals surface area contributed by atoms with Crippen LogP contribution in [0.25, 0.3) is 0 Å². The van der Waals surface area contributed by atoms with Gasteiger partial charge in [-0.05, 0) is 62.8 Å². The molecule has 8 nitrogen and oxygen atoms in total. The number of piperidine rings is 1. The maximum atomic E-state index is 12.8. The predicted molar refractivity (Wildman–Crippen MR) is 135 cm³/mol. The molecule has 9 heteroatoms. The van der Waals surface area contributed by atoms with Crippen LogP contribution in [0.2, 0.25) is 0 Å². The van der Waals surface area contributed by atoms with E-state index in [0.717, 1.165) is 34.9 Å². The van der Waals surface area contributed by atoms with E-state index < -0.39 is 0 Å². The van der Waals surface area contributed by atoms with E-state index in [4.69, 9.17) is 4.74 Å². The zero-order valence-electron chi connectivity index (χ0n) is 20.4. The lowest BCUT2D eigenvalue weighted by Crippen LogP contribution is -2.40. The molecule has 35 heavy (non-hydrogen) atoms. The van der Waals surface area contributed by atoms with E-state index in [1.54, 1.807) is 4.68 Å². The Morgan fingerprint density at radius 1 is 1.09 bits per heavy atom. The van der Waals surface area contributed by atoms with Gasteiger partial charge in [-0.1, -0.05) is 6.07 Å². The lowest BCUT2D eigenvalue weighted by Gasteiger charge is -2.31. The maximum absolute atomic E-state index is 12.8. The molecule has 2 fully saturated rings. The minimum atomic E-state index is -0.214. The smallest absolute Gasteiger partial charge is 0.276 e. The van der Waals surface area contributed by atoms with E-state index in [1.807, 2.05) is 48.5 Å². The lowest BCUT2D eigenvalue weighted by atomic mass is 9.97. The Kier molecular flexibility index (Phi) is 6.60. The molecule has 1 saturated carbocycles. The second kappa shape index (κ2) is 9.81. The van der Waals surface area contributed by atoms with Crippen LogP contribution in [0, 0.1) is 13.8 Å². The number of nitrogens with zero attached hydrogens (tertiary/aromatic N) is 4. The van der Waals surface area contributed by atoms with Crippen LogP contribution in [-0.4, -0.2) is 51.2 Å². The quantitative estimate of drug-likeness (QED) is 0.527. The average molecular weight is 494 g/mol. The second-order valence-corrected chi connectivity index (χ2v) is 10.5.